The third-order valence-electron chi connectivity index (χ3n) is 4.39. The third kappa shape index (κ3) is 4.21. The highest BCUT2D eigenvalue weighted by Gasteiger charge is 2.25. The topological polar surface area (TPSA) is 66.6 Å². The van der Waals surface area contributed by atoms with Gasteiger partial charge in [-0.25, -0.2) is 0 Å². The van der Waals surface area contributed by atoms with Gasteiger partial charge in [-0.05, 0) is 36.5 Å². The van der Waals surface area contributed by atoms with E-state index in [2.05, 4.69) is 6.92 Å². The van der Waals surface area contributed by atoms with E-state index in [9.17, 15) is 9.90 Å². The van der Waals surface area contributed by atoms with Crippen LogP contribution >= 0.6 is 0 Å². The Balaban J connectivity index is 2.00. The molecule has 1 amide bonds. The van der Waals surface area contributed by atoms with Crippen LogP contribution in [0.4, 0.5) is 5.69 Å². The molecule has 0 aromatic heterocycles. The van der Waals surface area contributed by atoms with Crippen LogP contribution in [0.1, 0.15) is 50.5 Å². The number of nitrogen functional groups attached to an aromatic ring is 1. The van der Waals surface area contributed by atoms with Crippen molar-refractivity contribution in [2.24, 2.45) is 0 Å². The second kappa shape index (κ2) is 7.46. The third-order valence-corrected chi connectivity index (χ3v) is 4.39. The molecule has 0 bridgehead atoms. The molecule has 3 N–H and O–H groups in total. The van der Waals surface area contributed by atoms with Gasteiger partial charge >= 0.3 is 0 Å². The number of anilines is 1. The van der Waals surface area contributed by atoms with Crippen molar-refractivity contribution in [3.05, 3.63) is 29.8 Å². The van der Waals surface area contributed by atoms with Crippen LogP contribution in [0.2, 0.25) is 0 Å². The van der Waals surface area contributed by atoms with Crippen molar-refractivity contribution in [3.63, 3.8) is 0 Å². The molecule has 2 atom stereocenters. The SMILES string of the molecule is CC(CC(=O)N1CCCCCC1CO)c1ccc(N)cc1. The summed E-state index contributed by atoms with van der Waals surface area (Å²) in [4.78, 5) is 14.5. The number of carbonyl (C=O) groups excluding carboxylic acids is 1. The van der Waals surface area contributed by atoms with Crippen LogP contribution in [-0.4, -0.2) is 35.1 Å². The number of nitrogens with zero attached hydrogens (tertiary/aromatic N) is 1. The molecule has 0 spiro atoms. The Morgan fingerprint density at radius 3 is 2.71 bits per heavy atom. The Hall–Kier alpha value is -1.55. The number of likely N-dealkylation sites (tertiary alicyclic amines) is 1. The van der Waals surface area contributed by atoms with E-state index in [-0.39, 0.29) is 24.5 Å². The summed E-state index contributed by atoms with van der Waals surface area (Å²) in [6.45, 7) is 2.91. The number of hydrogen-bond acceptors (Lipinski definition) is 3. The van der Waals surface area contributed by atoms with Crippen molar-refractivity contribution in [2.75, 3.05) is 18.9 Å². The molecular weight excluding hydrogens is 264 g/mol. The maximum atomic E-state index is 12.6. The first-order valence-electron chi connectivity index (χ1n) is 7.87. The van der Waals surface area contributed by atoms with E-state index in [4.69, 9.17) is 5.73 Å². The number of nitrogens with two attached hydrogens (primary N) is 1. The van der Waals surface area contributed by atoms with Crippen LogP contribution in [0.15, 0.2) is 24.3 Å². The fraction of sp³-hybridized carbons (Fsp3) is 0.588. The lowest BCUT2D eigenvalue weighted by Crippen LogP contribution is -2.42. The summed E-state index contributed by atoms with van der Waals surface area (Å²) in [5.74, 6) is 0.320. The zero-order chi connectivity index (χ0) is 15.2. The molecule has 1 aromatic carbocycles. The van der Waals surface area contributed by atoms with E-state index < -0.39 is 0 Å². The molecule has 1 heterocycles. The van der Waals surface area contributed by atoms with E-state index in [0.29, 0.717) is 6.42 Å². The predicted molar refractivity (Wildman–Crippen MR) is 84.9 cm³/mol. The van der Waals surface area contributed by atoms with Gasteiger partial charge in [0, 0.05) is 18.7 Å². The lowest BCUT2D eigenvalue weighted by molar-refractivity contribution is -0.134. The largest absolute Gasteiger partial charge is 0.399 e. The lowest BCUT2D eigenvalue weighted by Gasteiger charge is -2.29. The molecule has 2 unspecified atom stereocenters. The first-order chi connectivity index (χ1) is 10.1. The second-order valence-corrected chi connectivity index (χ2v) is 6.04. The summed E-state index contributed by atoms with van der Waals surface area (Å²) in [5.41, 5.74) is 7.57. The normalized spacial score (nSPS) is 20.9. The Morgan fingerprint density at radius 2 is 2.05 bits per heavy atom. The number of carbonyl (C=O) groups is 1. The molecular formula is C17H26N2O2. The number of amides is 1. The quantitative estimate of drug-likeness (QED) is 0.837. The Bertz CT molecular complexity index is 458. The molecule has 1 fully saturated rings. The van der Waals surface area contributed by atoms with Crippen molar-refractivity contribution >= 4 is 11.6 Å². The number of aliphatic hydroxyl groups excluding tert-OH is 1. The predicted octanol–water partition coefficient (Wildman–Crippen LogP) is 2.53. The van der Waals surface area contributed by atoms with Gasteiger partial charge in [-0.15, -0.1) is 0 Å². The average Bonchev–Trinajstić information content (AvgIpc) is 2.72. The Morgan fingerprint density at radius 1 is 1.33 bits per heavy atom. The summed E-state index contributed by atoms with van der Waals surface area (Å²) in [7, 11) is 0. The first-order valence-corrected chi connectivity index (χ1v) is 7.87. The van der Waals surface area contributed by atoms with Crippen LogP contribution < -0.4 is 5.73 Å². The molecule has 0 radical (unpaired) electrons. The molecule has 2 rings (SSSR count). The number of hydrogen-bond donors (Lipinski definition) is 2. The molecule has 21 heavy (non-hydrogen) atoms. The first kappa shape index (κ1) is 15.8. The van der Waals surface area contributed by atoms with Gasteiger partial charge in [0.2, 0.25) is 5.91 Å². The molecule has 1 aliphatic heterocycles. The fourth-order valence-electron chi connectivity index (χ4n) is 3.02. The summed E-state index contributed by atoms with van der Waals surface area (Å²) < 4.78 is 0. The van der Waals surface area contributed by atoms with Gasteiger partial charge in [-0.1, -0.05) is 31.9 Å². The summed E-state index contributed by atoms with van der Waals surface area (Å²) in [6.07, 6.45) is 4.69. The van der Waals surface area contributed by atoms with Crippen LogP contribution in [0.25, 0.3) is 0 Å². The minimum absolute atomic E-state index is 0.00128. The standard InChI is InChI=1S/C17H26N2O2/c1-13(14-6-8-15(18)9-7-14)11-17(21)19-10-4-2-3-5-16(19)12-20/h6-9,13,16,20H,2-5,10-12,18H2,1H3. The summed E-state index contributed by atoms with van der Waals surface area (Å²) >= 11 is 0. The highest BCUT2D eigenvalue weighted by Crippen LogP contribution is 2.24. The molecule has 0 saturated carbocycles. The van der Waals surface area contributed by atoms with E-state index in [1.54, 1.807) is 0 Å². The van der Waals surface area contributed by atoms with E-state index >= 15 is 0 Å². The highest BCUT2D eigenvalue weighted by molar-refractivity contribution is 5.77. The smallest absolute Gasteiger partial charge is 0.223 e. The van der Waals surface area contributed by atoms with Gasteiger partial charge in [0.1, 0.15) is 0 Å². The zero-order valence-corrected chi connectivity index (χ0v) is 12.8. The minimum atomic E-state index is -0.00128. The summed E-state index contributed by atoms with van der Waals surface area (Å²) in [6, 6.07) is 7.72. The minimum Gasteiger partial charge on any atom is -0.399 e. The van der Waals surface area contributed by atoms with E-state index in [1.165, 1.54) is 0 Å². The maximum absolute atomic E-state index is 12.6. The zero-order valence-electron chi connectivity index (χ0n) is 12.8. The van der Waals surface area contributed by atoms with E-state index in [0.717, 1.165) is 43.5 Å². The van der Waals surface area contributed by atoms with Crippen molar-refractivity contribution in [3.8, 4) is 0 Å². The number of rotatable bonds is 4. The van der Waals surface area contributed by atoms with Gasteiger partial charge in [0.05, 0.1) is 12.6 Å². The lowest BCUT2D eigenvalue weighted by atomic mass is 9.96. The number of benzene rings is 1. The van der Waals surface area contributed by atoms with E-state index in [1.807, 2.05) is 29.2 Å². The molecule has 4 nitrogen and oxygen atoms in total. The molecule has 116 valence electrons. The van der Waals surface area contributed by atoms with Gasteiger partial charge in [0.25, 0.3) is 0 Å². The van der Waals surface area contributed by atoms with Gasteiger partial charge in [-0.3, -0.25) is 4.79 Å². The molecule has 0 aliphatic carbocycles. The average molecular weight is 290 g/mol. The van der Waals surface area contributed by atoms with Gasteiger partial charge in [0.15, 0.2) is 0 Å². The van der Waals surface area contributed by atoms with Gasteiger partial charge in [-0.2, -0.15) is 0 Å². The molecule has 1 aromatic rings. The van der Waals surface area contributed by atoms with Crippen molar-refractivity contribution in [1.82, 2.24) is 4.90 Å². The van der Waals surface area contributed by atoms with Crippen molar-refractivity contribution in [1.29, 1.82) is 0 Å². The second-order valence-electron chi connectivity index (χ2n) is 6.04. The Kier molecular flexibility index (Phi) is 5.62. The monoisotopic (exact) mass is 290 g/mol. The highest BCUT2D eigenvalue weighted by atomic mass is 16.3. The van der Waals surface area contributed by atoms with Crippen LogP contribution in [0.3, 0.4) is 0 Å². The fourth-order valence-corrected chi connectivity index (χ4v) is 3.02. The van der Waals surface area contributed by atoms with Crippen LogP contribution in [-0.2, 0) is 4.79 Å². The van der Waals surface area contributed by atoms with Crippen LogP contribution in [0.5, 0.6) is 0 Å². The molecule has 4 heteroatoms. The maximum Gasteiger partial charge on any atom is 0.223 e. The van der Waals surface area contributed by atoms with Crippen molar-refractivity contribution in [2.45, 2.75) is 51.0 Å². The number of aliphatic hydroxyl groups is 1. The summed E-state index contributed by atoms with van der Waals surface area (Å²) in [5, 5.41) is 9.51. The Labute approximate surface area is 126 Å². The van der Waals surface area contributed by atoms with Crippen LogP contribution in [0, 0.1) is 0 Å². The molecule has 1 saturated heterocycles. The molecule has 1 aliphatic rings. The van der Waals surface area contributed by atoms with Crippen molar-refractivity contribution < 1.29 is 9.90 Å². The van der Waals surface area contributed by atoms with Gasteiger partial charge < -0.3 is 15.7 Å².